The first-order valence-corrected chi connectivity index (χ1v) is 8.88. The lowest BCUT2D eigenvalue weighted by Gasteiger charge is -2.05. The number of rotatable bonds is 5. The Balaban J connectivity index is 1.61. The van der Waals surface area contributed by atoms with Crippen LogP contribution in [0.2, 0.25) is 5.02 Å². The molecular weight excluding hydrogens is 358 g/mol. The van der Waals surface area contributed by atoms with Crippen LogP contribution in [-0.4, -0.2) is 32.7 Å². The molecule has 0 radical (unpaired) electrons. The summed E-state index contributed by atoms with van der Waals surface area (Å²) in [7, 11) is 0. The first kappa shape index (κ1) is 15.8. The number of nitrogens with one attached hydrogen (secondary N) is 2. The molecule has 3 heterocycles. The summed E-state index contributed by atoms with van der Waals surface area (Å²) in [5, 5.41) is 10.9. The van der Waals surface area contributed by atoms with Crippen molar-refractivity contribution < 1.29 is 0 Å². The number of nitrogens with two attached hydrogens (primary N) is 1. The van der Waals surface area contributed by atoms with E-state index in [-0.39, 0.29) is 0 Å². The van der Waals surface area contributed by atoms with Gasteiger partial charge in [-0.2, -0.15) is 5.10 Å². The number of halogens is 1. The van der Waals surface area contributed by atoms with E-state index in [1.54, 1.807) is 6.20 Å². The number of aromatic amines is 1. The Morgan fingerprint density at radius 1 is 1.44 bits per heavy atom. The summed E-state index contributed by atoms with van der Waals surface area (Å²) in [4.78, 5) is 10.5. The number of nitrogens with zero attached hydrogens (tertiary/aromatic N) is 4. The van der Waals surface area contributed by atoms with Crippen molar-refractivity contribution in [3.05, 3.63) is 40.0 Å². The van der Waals surface area contributed by atoms with Gasteiger partial charge in [-0.25, -0.2) is 14.6 Å². The van der Waals surface area contributed by atoms with Crippen molar-refractivity contribution in [2.24, 2.45) is 5.73 Å². The van der Waals surface area contributed by atoms with Crippen LogP contribution in [0.15, 0.2) is 24.4 Å². The smallest absolute Gasteiger partial charge is 0.322 e. The van der Waals surface area contributed by atoms with Gasteiger partial charge < -0.3 is 5.32 Å². The van der Waals surface area contributed by atoms with Gasteiger partial charge >= 0.3 is 5.84 Å². The summed E-state index contributed by atoms with van der Waals surface area (Å²) in [6.07, 6.45) is 3.99. The first-order chi connectivity index (χ1) is 12.1. The molecule has 0 unspecified atom stereocenters. The standard InChI is InChI=1S/C16H14ClN7S/c1-19-14(18)11-4-5-12(25-11)16-20-7-9(17)15(22-16)21-13-6-10(23-24-13)8-2-3-8/h4-8H,1-3H2,(H3,18,20,21,22,23,24)/p+1. The average molecular weight is 373 g/mol. The van der Waals surface area contributed by atoms with Crippen LogP contribution in [0.25, 0.3) is 10.7 Å². The zero-order valence-electron chi connectivity index (χ0n) is 13.2. The maximum absolute atomic E-state index is 6.22. The second kappa shape index (κ2) is 6.33. The Labute approximate surface area is 152 Å². The highest BCUT2D eigenvalue weighted by Crippen LogP contribution is 2.40. The van der Waals surface area contributed by atoms with Crippen LogP contribution >= 0.6 is 22.9 Å². The van der Waals surface area contributed by atoms with Gasteiger partial charge in [0.2, 0.25) is 0 Å². The number of hydrogen-bond donors (Lipinski definition) is 3. The van der Waals surface area contributed by atoms with Gasteiger partial charge in [-0.3, -0.25) is 10.8 Å². The number of aromatic nitrogens is 4. The van der Waals surface area contributed by atoms with Gasteiger partial charge in [0, 0.05) is 17.7 Å². The fourth-order valence-corrected chi connectivity index (χ4v) is 3.38. The van der Waals surface area contributed by atoms with Crippen LogP contribution in [-0.2, 0) is 0 Å². The van der Waals surface area contributed by atoms with Crippen molar-refractivity contribution in [3.63, 3.8) is 0 Å². The van der Waals surface area contributed by atoms with E-state index in [1.165, 1.54) is 24.2 Å². The van der Waals surface area contributed by atoms with E-state index in [2.05, 4.69) is 36.9 Å². The van der Waals surface area contributed by atoms with E-state index in [9.17, 15) is 0 Å². The molecule has 4 rings (SSSR count). The Morgan fingerprint density at radius 3 is 3.04 bits per heavy atom. The van der Waals surface area contributed by atoms with Crippen LogP contribution in [0.5, 0.6) is 0 Å². The third kappa shape index (κ3) is 3.28. The molecule has 3 aromatic heterocycles. The molecule has 3 aromatic rings. The van der Waals surface area contributed by atoms with Gasteiger partial charge in [0.1, 0.15) is 9.90 Å². The Hall–Kier alpha value is -2.67. The van der Waals surface area contributed by atoms with Crippen LogP contribution in [0.3, 0.4) is 0 Å². The highest BCUT2D eigenvalue weighted by molar-refractivity contribution is 7.17. The quantitative estimate of drug-likeness (QED) is 0.362. The van der Waals surface area contributed by atoms with Gasteiger partial charge in [-0.1, -0.05) is 11.6 Å². The molecule has 126 valence electrons. The minimum absolute atomic E-state index is 0.382. The minimum atomic E-state index is 0.382. The molecular formula is C16H15ClN7S+. The molecule has 7 nitrogen and oxygen atoms in total. The third-order valence-corrected chi connectivity index (χ3v) is 5.23. The zero-order chi connectivity index (χ0) is 17.4. The van der Waals surface area contributed by atoms with Crippen molar-refractivity contribution in [2.75, 3.05) is 5.32 Å². The molecule has 25 heavy (non-hydrogen) atoms. The number of anilines is 2. The van der Waals surface area contributed by atoms with E-state index in [1.807, 2.05) is 18.2 Å². The molecule has 1 saturated carbocycles. The van der Waals surface area contributed by atoms with E-state index in [0.29, 0.717) is 34.2 Å². The molecule has 1 fully saturated rings. The van der Waals surface area contributed by atoms with Gasteiger partial charge in [0.05, 0.1) is 11.1 Å². The number of hydrogen-bond acceptors (Lipinski definition) is 5. The molecule has 0 aliphatic heterocycles. The van der Waals surface area contributed by atoms with Crippen molar-refractivity contribution >= 4 is 47.1 Å². The van der Waals surface area contributed by atoms with Crippen LogP contribution in [0.4, 0.5) is 11.6 Å². The van der Waals surface area contributed by atoms with E-state index >= 15 is 0 Å². The maximum atomic E-state index is 6.22. The van der Waals surface area contributed by atoms with Crippen LogP contribution in [0, 0.1) is 0 Å². The molecule has 0 saturated heterocycles. The second-order valence-electron chi connectivity index (χ2n) is 5.71. The first-order valence-electron chi connectivity index (χ1n) is 7.68. The molecule has 0 spiro atoms. The summed E-state index contributed by atoms with van der Waals surface area (Å²) >= 11 is 7.67. The lowest BCUT2D eigenvalue weighted by Crippen LogP contribution is -2.13. The van der Waals surface area contributed by atoms with Crippen LogP contribution < -0.4 is 15.7 Å². The van der Waals surface area contributed by atoms with Crippen molar-refractivity contribution in [1.29, 1.82) is 0 Å². The summed E-state index contributed by atoms with van der Waals surface area (Å²) in [6.45, 7) is 3.44. The molecule has 9 heteroatoms. The van der Waals surface area contributed by atoms with Crippen molar-refractivity contribution in [3.8, 4) is 10.7 Å². The van der Waals surface area contributed by atoms with Gasteiger partial charge in [-0.05, 0) is 25.0 Å². The molecule has 1 aliphatic rings. The lowest BCUT2D eigenvalue weighted by atomic mass is 10.3. The van der Waals surface area contributed by atoms with Crippen molar-refractivity contribution in [2.45, 2.75) is 18.8 Å². The maximum Gasteiger partial charge on any atom is 0.382 e. The number of H-pyrrole nitrogens is 1. The Morgan fingerprint density at radius 2 is 2.28 bits per heavy atom. The van der Waals surface area contributed by atoms with Gasteiger partial charge in [0.25, 0.3) is 0 Å². The molecule has 0 bridgehead atoms. The largest absolute Gasteiger partial charge is 0.382 e. The predicted molar refractivity (Wildman–Crippen MR) is 102 cm³/mol. The Bertz CT molecular complexity index is 982. The van der Waals surface area contributed by atoms with E-state index < -0.39 is 0 Å². The molecule has 4 N–H and O–H groups in total. The highest BCUT2D eigenvalue weighted by Gasteiger charge is 2.25. The summed E-state index contributed by atoms with van der Waals surface area (Å²) < 4.78 is 3.74. The molecule has 1 aliphatic carbocycles. The fourth-order valence-electron chi connectivity index (χ4n) is 2.37. The third-order valence-electron chi connectivity index (χ3n) is 3.85. The fraction of sp³-hybridized carbons (Fsp3) is 0.188. The van der Waals surface area contributed by atoms with Crippen LogP contribution in [0.1, 0.15) is 29.3 Å². The van der Waals surface area contributed by atoms with E-state index in [4.69, 9.17) is 17.3 Å². The molecule has 0 atom stereocenters. The van der Waals surface area contributed by atoms with Gasteiger partial charge in [-0.15, -0.1) is 11.3 Å². The number of amidine groups is 1. The molecule has 0 aromatic carbocycles. The van der Waals surface area contributed by atoms with Crippen molar-refractivity contribution in [1.82, 2.24) is 24.8 Å². The Kier molecular flexibility index (Phi) is 4.01. The minimum Gasteiger partial charge on any atom is -0.322 e. The average Bonchev–Trinajstić information content (AvgIpc) is 3.17. The highest BCUT2D eigenvalue weighted by atomic mass is 35.5. The van der Waals surface area contributed by atoms with E-state index in [0.717, 1.165) is 15.4 Å². The lowest BCUT2D eigenvalue weighted by molar-refractivity contribution is 0.966. The summed E-state index contributed by atoms with van der Waals surface area (Å²) in [5.74, 6) is 2.73. The molecule has 0 amide bonds. The second-order valence-corrected chi connectivity index (χ2v) is 7.20. The number of thiophene rings is 1. The zero-order valence-corrected chi connectivity index (χ0v) is 14.7. The summed E-state index contributed by atoms with van der Waals surface area (Å²) in [5.41, 5.74) is 6.92. The van der Waals surface area contributed by atoms with Gasteiger partial charge in [0.15, 0.2) is 24.2 Å². The summed E-state index contributed by atoms with van der Waals surface area (Å²) in [6, 6.07) is 5.75. The normalized spacial score (nSPS) is 13.5. The monoisotopic (exact) mass is 372 g/mol. The predicted octanol–water partition coefficient (Wildman–Crippen LogP) is 2.68. The topological polar surface area (TPSA) is 107 Å². The SMILES string of the molecule is C=[N+]=C(N)c1ccc(-c2ncc(Cl)c(Nc3cc(C4CC4)[nH]n3)n2)s1.